The Morgan fingerprint density at radius 2 is 2.04 bits per heavy atom. The Bertz CT molecular complexity index is 746. The molecule has 4 rings (SSSR count). The number of nitrogens with one attached hydrogen (secondary N) is 1. The Morgan fingerprint density at radius 1 is 1.21 bits per heavy atom. The zero-order valence-electron chi connectivity index (χ0n) is 13.7. The van der Waals surface area contributed by atoms with Gasteiger partial charge in [0.05, 0.1) is 12.0 Å². The zero-order chi connectivity index (χ0) is 16.5. The molecule has 2 aliphatic rings. The van der Waals surface area contributed by atoms with Crippen LogP contribution >= 0.6 is 23.4 Å². The summed E-state index contributed by atoms with van der Waals surface area (Å²) in [6, 6.07) is 13.0. The standard InChI is InChI=1S/C19H21ClN2OS/c1-23-17-4-2-3-15-16(22-9-7-21-8-10-22)12-13-11-14(20)5-6-18(13)24-19(15)17/h2-6,11,16,21H,7-10,12H2,1H3. The highest BCUT2D eigenvalue weighted by molar-refractivity contribution is 7.99. The van der Waals surface area contributed by atoms with Crippen LogP contribution in [0, 0.1) is 0 Å². The molecule has 0 bridgehead atoms. The van der Waals surface area contributed by atoms with Crippen molar-refractivity contribution in [3.05, 3.63) is 52.5 Å². The molecule has 1 atom stereocenters. The summed E-state index contributed by atoms with van der Waals surface area (Å²) in [5.74, 6) is 0.959. The average molecular weight is 361 g/mol. The summed E-state index contributed by atoms with van der Waals surface area (Å²) in [5.41, 5.74) is 2.70. The molecule has 0 spiro atoms. The van der Waals surface area contributed by atoms with Gasteiger partial charge in [0.1, 0.15) is 5.75 Å². The van der Waals surface area contributed by atoms with Crippen molar-refractivity contribution in [2.45, 2.75) is 22.3 Å². The zero-order valence-corrected chi connectivity index (χ0v) is 15.3. The fourth-order valence-corrected chi connectivity index (χ4v) is 5.02. The molecular weight excluding hydrogens is 340 g/mol. The molecule has 0 amide bonds. The molecule has 2 aliphatic heterocycles. The summed E-state index contributed by atoms with van der Waals surface area (Å²) in [7, 11) is 1.75. The van der Waals surface area contributed by atoms with Gasteiger partial charge in [-0.2, -0.15) is 0 Å². The lowest BCUT2D eigenvalue weighted by Gasteiger charge is -2.35. The molecule has 2 aromatic rings. The number of halogens is 1. The van der Waals surface area contributed by atoms with E-state index in [1.807, 2.05) is 6.07 Å². The maximum atomic E-state index is 6.28. The predicted octanol–water partition coefficient (Wildman–Crippen LogP) is 4.00. The normalized spacial score (nSPS) is 20.8. The minimum absolute atomic E-state index is 0.365. The van der Waals surface area contributed by atoms with E-state index in [-0.39, 0.29) is 0 Å². The first-order valence-corrected chi connectivity index (χ1v) is 9.53. The first-order chi connectivity index (χ1) is 11.8. The Morgan fingerprint density at radius 3 is 2.83 bits per heavy atom. The maximum absolute atomic E-state index is 6.28. The molecule has 0 aliphatic carbocycles. The SMILES string of the molecule is COc1cccc2c1Sc1ccc(Cl)cc1CC2N1CCNCC1. The minimum Gasteiger partial charge on any atom is -0.496 e. The van der Waals surface area contributed by atoms with Gasteiger partial charge in [-0.05, 0) is 41.8 Å². The van der Waals surface area contributed by atoms with Gasteiger partial charge in [-0.15, -0.1) is 0 Å². The monoisotopic (exact) mass is 360 g/mol. The molecule has 5 heteroatoms. The van der Waals surface area contributed by atoms with E-state index in [0.717, 1.165) is 43.4 Å². The molecule has 1 N–H and O–H groups in total. The first kappa shape index (κ1) is 16.3. The van der Waals surface area contributed by atoms with Crippen molar-refractivity contribution >= 4 is 23.4 Å². The van der Waals surface area contributed by atoms with Gasteiger partial charge in [-0.25, -0.2) is 0 Å². The van der Waals surface area contributed by atoms with Crippen molar-refractivity contribution in [2.75, 3.05) is 33.3 Å². The number of rotatable bonds is 2. The van der Waals surface area contributed by atoms with E-state index in [2.05, 4.69) is 40.5 Å². The van der Waals surface area contributed by atoms with Gasteiger partial charge in [0.15, 0.2) is 0 Å². The van der Waals surface area contributed by atoms with E-state index >= 15 is 0 Å². The van der Waals surface area contributed by atoms with Gasteiger partial charge < -0.3 is 10.1 Å². The van der Waals surface area contributed by atoms with Crippen LogP contribution in [0.3, 0.4) is 0 Å². The molecule has 126 valence electrons. The molecule has 1 fully saturated rings. The molecule has 2 aromatic carbocycles. The lowest BCUT2D eigenvalue weighted by molar-refractivity contribution is 0.170. The predicted molar refractivity (Wildman–Crippen MR) is 99.5 cm³/mol. The summed E-state index contributed by atoms with van der Waals surface area (Å²) in [4.78, 5) is 5.11. The van der Waals surface area contributed by atoms with E-state index in [4.69, 9.17) is 16.3 Å². The van der Waals surface area contributed by atoms with Crippen LogP contribution in [0.2, 0.25) is 5.02 Å². The Balaban J connectivity index is 1.83. The summed E-state index contributed by atoms with van der Waals surface area (Å²) in [6.07, 6.45) is 0.989. The molecule has 1 saturated heterocycles. The molecular formula is C19H21ClN2OS. The van der Waals surface area contributed by atoms with E-state index < -0.39 is 0 Å². The number of nitrogens with zero attached hydrogens (tertiary/aromatic N) is 1. The molecule has 3 nitrogen and oxygen atoms in total. The Hall–Kier alpha value is -1.20. The molecule has 0 radical (unpaired) electrons. The van der Waals surface area contributed by atoms with Gasteiger partial charge in [0.25, 0.3) is 0 Å². The van der Waals surface area contributed by atoms with E-state index in [1.54, 1.807) is 18.9 Å². The van der Waals surface area contributed by atoms with Crippen LogP contribution in [0.5, 0.6) is 5.75 Å². The number of piperazine rings is 1. The van der Waals surface area contributed by atoms with Gasteiger partial charge >= 0.3 is 0 Å². The van der Waals surface area contributed by atoms with Crippen LogP contribution in [-0.2, 0) is 6.42 Å². The topological polar surface area (TPSA) is 24.5 Å². The lowest BCUT2D eigenvalue weighted by Crippen LogP contribution is -2.45. The van der Waals surface area contributed by atoms with Crippen molar-refractivity contribution in [2.24, 2.45) is 0 Å². The summed E-state index contributed by atoms with van der Waals surface area (Å²) in [5, 5.41) is 4.26. The number of ether oxygens (including phenoxy) is 1. The van der Waals surface area contributed by atoms with Crippen LogP contribution in [0.1, 0.15) is 17.2 Å². The average Bonchev–Trinajstić information content (AvgIpc) is 2.78. The molecule has 0 aromatic heterocycles. The largest absolute Gasteiger partial charge is 0.496 e. The molecule has 0 saturated carbocycles. The van der Waals surface area contributed by atoms with Crippen molar-refractivity contribution in [1.82, 2.24) is 10.2 Å². The Labute approximate surface area is 152 Å². The number of fused-ring (bicyclic) bond motifs is 2. The number of methoxy groups -OCH3 is 1. The second-order valence-corrected chi connectivity index (χ2v) is 7.73. The third-order valence-corrected chi connectivity index (χ3v) is 6.32. The van der Waals surface area contributed by atoms with Crippen molar-refractivity contribution < 1.29 is 4.74 Å². The second kappa shape index (κ2) is 6.96. The summed E-state index contributed by atoms with van der Waals surface area (Å²) in [6.45, 7) is 4.24. The van der Waals surface area contributed by atoms with E-state index in [0.29, 0.717) is 6.04 Å². The summed E-state index contributed by atoms with van der Waals surface area (Å²) < 4.78 is 5.66. The number of benzene rings is 2. The quantitative estimate of drug-likeness (QED) is 0.874. The van der Waals surface area contributed by atoms with Crippen molar-refractivity contribution in [3.63, 3.8) is 0 Å². The molecule has 1 unspecified atom stereocenters. The Kier molecular flexibility index (Phi) is 4.72. The fraction of sp³-hybridized carbons (Fsp3) is 0.368. The highest BCUT2D eigenvalue weighted by atomic mass is 35.5. The fourth-order valence-electron chi connectivity index (χ4n) is 3.62. The van der Waals surface area contributed by atoms with Crippen molar-refractivity contribution in [1.29, 1.82) is 0 Å². The molecule has 24 heavy (non-hydrogen) atoms. The third-order valence-electron chi connectivity index (χ3n) is 4.83. The third kappa shape index (κ3) is 3.04. The van der Waals surface area contributed by atoms with Crippen LogP contribution in [0.25, 0.3) is 0 Å². The van der Waals surface area contributed by atoms with Gasteiger partial charge in [0.2, 0.25) is 0 Å². The smallest absolute Gasteiger partial charge is 0.133 e. The van der Waals surface area contributed by atoms with Crippen LogP contribution in [0.4, 0.5) is 0 Å². The first-order valence-electron chi connectivity index (χ1n) is 8.34. The van der Waals surface area contributed by atoms with E-state index in [9.17, 15) is 0 Å². The van der Waals surface area contributed by atoms with Gasteiger partial charge in [-0.1, -0.05) is 35.5 Å². The number of hydrogen-bond donors (Lipinski definition) is 1. The molecule has 2 heterocycles. The minimum atomic E-state index is 0.365. The maximum Gasteiger partial charge on any atom is 0.133 e. The highest BCUT2D eigenvalue weighted by Crippen LogP contribution is 2.47. The lowest BCUT2D eigenvalue weighted by atomic mass is 9.96. The van der Waals surface area contributed by atoms with Gasteiger partial charge in [0, 0.05) is 42.1 Å². The van der Waals surface area contributed by atoms with Crippen molar-refractivity contribution in [3.8, 4) is 5.75 Å². The second-order valence-electron chi connectivity index (χ2n) is 6.24. The highest BCUT2D eigenvalue weighted by Gasteiger charge is 2.30. The van der Waals surface area contributed by atoms with E-state index in [1.165, 1.54) is 20.9 Å². The summed E-state index contributed by atoms with van der Waals surface area (Å²) >= 11 is 8.08. The van der Waals surface area contributed by atoms with Gasteiger partial charge in [-0.3, -0.25) is 4.90 Å². The van der Waals surface area contributed by atoms with Crippen LogP contribution < -0.4 is 10.1 Å². The van der Waals surface area contributed by atoms with Crippen LogP contribution in [-0.4, -0.2) is 38.2 Å². The van der Waals surface area contributed by atoms with Crippen LogP contribution in [0.15, 0.2) is 46.2 Å². The number of hydrogen-bond acceptors (Lipinski definition) is 4.